The van der Waals surface area contributed by atoms with Crippen LogP contribution in [0.1, 0.15) is 38.3 Å². The number of piperidine rings is 1. The largest absolute Gasteiger partial charge is 0.381 e. The smallest absolute Gasteiger partial charge is 0.240 e. The SMILES string of the molecule is CCc1cc(N2CCCC(NC(=O)C3(N)CC(OC)C3)C2)ncn1. The number of rotatable bonds is 5. The molecule has 3 rings (SSSR count). The summed E-state index contributed by atoms with van der Waals surface area (Å²) in [6.45, 7) is 3.79. The van der Waals surface area contributed by atoms with Crippen LogP contribution in [-0.2, 0) is 16.0 Å². The summed E-state index contributed by atoms with van der Waals surface area (Å²) < 4.78 is 5.24. The summed E-state index contributed by atoms with van der Waals surface area (Å²) >= 11 is 0. The molecule has 1 unspecified atom stereocenters. The van der Waals surface area contributed by atoms with Gasteiger partial charge >= 0.3 is 0 Å². The Morgan fingerprint density at radius 1 is 1.50 bits per heavy atom. The van der Waals surface area contributed by atoms with E-state index in [0.29, 0.717) is 12.8 Å². The number of hydrogen-bond acceptors (Lipinski definition) is 6. The Bertz CT molecular complexity index is 588. The van der Waals surface area contributed by atoms with Gasteiger partial charge in [0.25, 0.3) is 0 Å². The third kappa shape index (κ3) is 3.52. The molecule has 2 aliphatic rings. The molecule has 1 saturated heterocycles. The van der Waals surface area contributed by atoms with Gasteiger partial charge in [0.1, 0.15) is 17.7 Å². The molecular weight excluding hydrogens is 306 g/mol. The van der Waals surface area contributed by atoms with Gasteiger partial charge in [-0.25, -0.2) is 9.97 Å². The maximum atomic E-state index is 12.5. The fraction of sp³-hybridized carbons (Fsp3) is 0.706. The lowest BCUT2D eigenvalue weighted by Crippen LogP contribution is -2.66. The van der Waals surface area contributed by atoms with Crippen LogP contribution in [0.4, 0.5) is 5.82 Å². The molecule has 1 aromatic rings. The molecule has 2 fully saturated rings. The van der Waals surface area contributed by atoms with Gasteiger partial charge < -0.3 is 20.7 Å². The Morgan fingerprint density at radius 3 is 3.00 bits per heavy atom. The zero-order valence-electron chi connectivity index (χ0n) is 14.5. The van der Waals surface area contributed by atoms with Crippen molar-refractivity contribution in [3.63, 3.8) is 0 Å². The first-order valence-electron chi connectivity index (χ1n) is 8.72. The van der Waals surface area contributed by atoms with Gasteiger partial charge in [-0.15, -0.1) is 0 Å². The van der Waals surface area contributed by atoms with Crippen LogP contribution in [0.25, 0.3) is 0 Å². The second kappa shape index (κ2) is 7.03. The molecule has 0 bridgehead atoms. The second-order valence-electron chi connectivity index (χ2n) is 6.90. The third-order valence-corrected chi connectivity index (χ3v) is 5.12. The lowest BCUT2D eigenvalue weighted by atomic mass is 9.74. The minimum Gasteiger partial charge on any atom is -0.381 e. The first-order valence-corrected chi connectivity index (χ1v) is 8.72. The second-order valence-corrected chi connectivity index (χ2v) is 6.90. The normalized spacial score (nSPS) is 29.9. The predicted octanol–water partition coefficient (Wildman–Crippen LogP) is 0.630. The number of nitrogens with two attached hydrogens (primary N) is 1. The van der Waals surface area contributed by atoms with Gasteiger partial charge in [0.2, 0.25) is 5.91 Å². The van der Waals surface area contributed by atoms with E-state index in [4.69, 9.17) is 10.5 Å². The number of carbonyl (C=O) groups excluding carboxylic acids is 1. The van der Waals surface area contributed by atoms with E-state index in [0.717, 1.165) is 43.9 Å². The summed E-state index contributed by atoms with van der Waals surface area (Å²) in [7, 11) is 1.66. The van der Waals surface area contributed by atoms with E-state index in [-0.39, 0.29) is 18.1 Å². The van der Waals surface area contributed by atoms with Crippen molar-refractivity contribution in [1.29, 1.82) is 0 Å². The van der Waals surface area contributed by atoms with E-state index in [1.54, 1.807) is 13.4 Å². The fourth-order valence-electron chi connectivity index (χ4n) is 3.49. The van der Waals surface area contributed by atoms with E-state index in [1.807, 2.05) is 6.07 Å². The Kier molecular flexibility index (Phi) is 5.01. The van der Waals surface area contributed by atoms with Crippen molar-refractivity contribution in [2.75, 3.05) is 25.1 Å². The topological polar surface area (TPSA) is 93.4 Å². The van der Waals surface area contributed by atoms with Crippen molar-refractivity contribution in [2.45, 2.75) is 56.7 Å². The van der Waals surface area contributed by atoms with Crippen LogP contribution in [0.5, 0.6) is 0 Å². The van der Waals surface area contributed by atoms with Crippen LogP contribution in [-0.4, -0.2) is 53.8 Å². The number of methoxy groups -OCH3 is 1. The molecule has 3 N–H and O–H groups in total. The van der Waals surface area contributed by atoms with Crippen molar-refractivity contribution >= 4 is 11.7 Å². The van der Waals surface area contributed by atoms with E-state index >= 15 is 0 Å². The van der Waals surface area contributed by atoms with Crippen molar-refractivity contribution in [3.05, 3.63) is 18.1 Å². The van der Waals surface area contributed by atoms with E-state index in [9.17, 15) is 4.79 Å². The van der Waals surface area contributed by atoms with Crippen LogP contribution in [0, 0.1) is 0 Å². The lowest BCUT2D eigenvalue weighted by Gasteiger charge is -2.44. The third-order valence-electron chi connectivity index (χ3n) is 5.12. The first-order chi connectivity index (χ1) is 11.5. The Morgan fingerprint density at radius 2 is 2.29 bits per heavy atom. The quantitative estimate of drug-likeness (QED) is 0.821. The highest BCUT2D eigenvalue weighted by Gasteiger charge is 2.47. The van der Waals surface area contributed by atoms with Gasteiger partial charge in [0.05, 0.1) is 6.10 Å². The number of nitrogens with one attached hydrogen (secondary N) is 1. The highest BCUT2D eigenvalue weighted by Crippen LogP contribution is 2.32. The average Bonchev–Trinajstić information content (AvgIpc) is 2.59. The number of amides is 1. The molecule has 24 heavy (non-hydrogen) atoms. The van der Waals surface area contributed by atoms with Crippen LogP contribution < -0.4 is 16.0 Å². The zero-order valence-corrected chi connectivity index (χ0v) is 14.5. The molecule has 7 nitrogen and oxygen atoms in total. The fourth-order valence-corrected chi connectivity index (χ4v) is 3.49. The highest BCUT2D eigenvalue weighted by molar-refractivity contribution is 5.87. The van der Waals surface area contributed by atoms with E-state index in [1.165, 1.54) is 0 Å². The van der Waals surface area contributed by atoms with E-state index in [2.05, 4.69) is 27.1 Å². The molecule has 0 spiro atoms. The molecular formula is C17H27N5O2. The van der Waals surface area contributed by atoms with Gasteiger partial charge in [-0.05, 0) is 19.3 Å². The van der Waals surface area contributed by atoms with E-state index < -0.39 is 5.54 Å². The minimum atomic E-state index is -0.771. The predicted molar refractivity (Wildman–Crippen MR) is 91.7 cm³/mol. The van der Waals surface area contributed by atoms with Crippen molar-refractivity contribution in [1.82, 2.24) is 15.3 Å². The van der Waals surface area contributed by atoms with Gasteiger partial charge in [-0.1, -0.05) is 6.92 Å². The van der Waals surface area contributed by atoms with Crippen molar-refractivity contribution < 1.29 is 9.53 Å². The summed E-state index contributed by atoms with van der Waals surface area (Å²) in [6, 6.07) is 2.14. The highest BCUT2D eigenvalue weighted by atomic mass is 16.5. The Labute approximate surface area is 143 Å². The summed E-state index contributed by atoms with van der Waals surface area (Å²) in [4.78, 5) is 23.3. The number of carbonyl (C=O) groups is 1. The van der Waals surface area contributed by atoms with Crippen LogP contribution in [0.3, 0.4) is 0 Å². The van der Waals surface area contributed by atoms with Crippen molar-refractivity contribution in [2.24, 2.45) is 5.73 Å². The Hall–Kier alpha value is -1.73. The lowest BCUT2D eigenvalue weighted by molar-refractivity contribution is -0.136. The van der Waals surface area contributed by atoms with Crippen LogP contribution >= 0.6 is 0 Å². The molecule has 2 heterocycles. The molecule has 132 valence electrons. The standard InChI is InChI=1S/C17H27N5O2/c1-3-12-7-15(20-11-19-12)22-6-4-5-13(10-22)21-16(23)17(18)8-14(9-17)24-2/h7,11,13-14H,3-6,8-10,18H2,1-2H3,(H,21,23). The first kappa shape index (κ1) is 17.1. The summed E-state index contributed by atoms with van der Waals surface area (Å²) in [5.74, 6) is 0.880. The number of anilines is 1. The monoisotopic (exact) mass is 333 g/mol. The Balaban J connectivity index is 1.58. The minimum absolute atomic E-state index is 0.0559. The van der Waals surface area contributed by atoms with Gasteiger partial charge in [0, 0.05) is 50.8 Å². The number of aryl methyl sites for hydroxylation is 1. The molecule has 1 saturated carbocycles. The number of ether oxygens (including phenoxy) is 1. The average molecular weight is 333 g/mol. The van der Waals surface area contributed by atoms with Crippen molar-refractivity contribution in [3.8, 4) is 0 Å². The number of hydrogen-bond donors (Lipinski definition) is 2. The van der Waals surface area contributed by atoms with Crippen LogP contribution in [0.2, 0.25) is 0 Å². The van der Waals surface area contributed by atoms with Gasteiger partial charge in [0.15, 0.2) is 0 Å². The maximum absolute atomic E-state index is 12.5. The molecule has 1 aliphatic heterocycles. The van der Waals surface area contributed by atoms with Crippen LogP contribution in [0.15, 0.2) is 12.4 Å². The van der Waals surface area contributed by atoms with Gasteiger partial charge in [-0.2, -0.15) is 0 Å². The molecule has 1 atom stereocenters. The number of nitrogens with zero attached hydrogens (tertiary/aromatic N) is 3. The molecule has 1 aromatic heterocycles. The summed E-state index contributed by atoms with van der Waals surface area (Å²) in [5, 5.41) is 3.13. The summed E-state index contributed by atoms with van der Waals surface area (Å²) in [5.41, 5.74) is 6.45. The number of aromatic nitrogens is 2. The maximum Gasteiger partial charge on any atom is 0.240 e. The molecule has 7 heteroatoms. The molecule has 1 aliphatic carbocycles. The summed E-state index contributed by atoms with van der Waals surface area (Å²) in [6.07, 6.45) is 5.79. The molecule has 0 aromatic carbocycles. The molecule has 1 amide bonds. The zero-order chi connectivity index (χ0) is 17.2. The van der Waals surface area contributed by atoms with Gasteiger partial charge in [-0.3, -0.25) is 4.79 Å². The molecule has 0 radical (unpaired) electrons.